The molecule has 0 saturated carbocycles. The number of benzene rings is 1. The predicted molar refractivity (Wildman–Crippen MR) is 139 cm³/mol. The first-order valence-corrected chi connectivity index (χ1v) is 12.4. The number of hydrogen-bond acceptors (Lipinski definition) is 5. The second-order valence-electron chi connectivity index (χ2n) is 7.78. The highest BCUT2D eigenvalue weighted by atomic mass is 16.5. The monoisotopic (exact) mass is 454 g/mol. The average molecular weight is 455 g/mol. The third-order valence-electron chi connectivity index (χ3n) is 5.54. The molecule has 5 heteroatoms. The van der Waals surface area contributed by atoms with Crippen LogP contribution in [0.2, 0.25) is 0 Å². The van der Waals surface area contributed by atoms with Crippen molar-refractivity contribution < 1.29 is 14.2 Å². The maximum Gasteiger partial charge on any atom is 0.138 e. The normalized spacial score (nSPS) is 18.2. The highest BCUT2D eigenvalue weighted by molar-refractivity contribution is 5.84. The quantitative estimate of drug-likeness (QED) is 0.410. The molecule has 1 aliphatic carbocycles. The Kier molecular flexibility index (Phi) is 12.4. The fourth-order valence-corrected chi connectivity index (χ4v) is 3.89. The van der Waals surface area contributed by atoms with E-state index in [0.29, 0.717) is 12.5 Å². The van der Waals surface area contributed by atoms with Gasteiger partial charge in [0.25, 0.3) is 0 Å². The van der Waals surface area contributed by atoms with Crippen LogP contribution in [0.15, 0.2) is 60.1 Å². The van der Waals surface area contributed by atoms with Crippen LogP contribution in [0.25, 0.3) is 5.57 Å². The Hall–Kier alpha value is -2.50. The molecule has 0 amide bonds. The van der Waals surface area contributed by atoms with Crippen molar-refractivity contribution >= 4 is 5.57 Å². The molecule has 1 aliphatic heterocycles. The Morgan fingerprint density at radius 2 is 2.03 bits per heavy atom. The SMILES string of the molecule is CC.CC/C=C1/C(C2C=CC(OC)=CCC2)=COc2cc(OCCCNCCNC)ccc21. The Morgan fingerprint density at radius 1 is 1.18 bits per heavy atom. The first-order valence-electron chi connectivity index (χ1n) is 12.4. The number of likely N-dealkylation sites (N-methyl/N-ethyl adjacent to an activating group) is 1. The summed E-state index contributed by atoms with van der Waals surface area (Å²) in [6.45, 7) is 9.77. The van der Waals surface area contributed by atoms with Crippen molar-refractivity contribution in [3.63, 3.8) is 0 Å². The molecule has 0 saturated heterocycles. The number of ether oxygens (including phenoxy) is 3. The maximum atomic E-state index is 6.09. The molecule has 0 fully saturated rings. The molecule has 2 N–H and O–H groups in total. The van der Waals surface area contributed by atoms with Gasteiger partial charge in [0.1, 0.15) is 17.3 Å². The molecule has 1 heterocycles. The number of allylic oxidation sites excluding steroid dienone is 6. The summed E-state index contributed by atoms with van der Waals surface area (Å²) in [7, 11) is 3.68. The van der Waals surface area contributed by atoms with E-state index in [-0.39, 0.29) is 0 Å². The summed E-state index contributed by atoms with van der Waals surface area (Å²) in [5.41, 5.74) is 3.63. The molecular formula is C28H42N2O3. The van der Waals surface area contributed by atoms with Crippen LogP contribution in [0.4, 0.5) is 0 Å². The molecule has 0 bridgehead atoms. The second kappa shape index (κ2) is 15.4. The predicted octanol–water partition coefficient (Wildman–Crippen LogP) is 5.86. The van der Waals surface area contributed by atoms with Gasteiger partial charge in [-0.2, -0.15) is 0 Å². The van der Waals surface area contributed by atoms with Crippen LogP contribution in [0.5, 0.6) is 11.5 Å². The van der Waals surface area contributed by atoms with Crippen molar-refractivity contribution in [3.8, 4) is 11.5 Å². The lowest BCUT2D eigenvalue weighted by atomic mass is 9.84. The summed E-state index contributed by atoms with van der Waals surface area (Å²) < 4.78 is 17.4. The molecule has 1 aromatic carbocycles. The van der Waals surface area contributed by atoms with E-state index < -0.39 is 0 Å². The zero-order chi connectivity index (χ0) is 23.9. The fourth-order valence-electron chi connectivity index (χ4n) is 3.89. The van der Waals surface area contributed by atoms with Crippen LogP contribution < -0.4 is 20.1 Å². The summed E-state index contributed by atoms with van der Waals surface area (Å²) in [6.07, 6.45) is 14.6. The van der Waals surface area contributed by atoms with E-state index in [4.69, 9.17) is 14.2 Å². The lowest BCUT2D eigenvalue weighted by molar-refractivity contribution is 0.305. The molecule has 0 spiro atoms. The molecule has 3 rings (SSSR count). The number of hydrogen-bond donors (Lipinski definition) is 2. The molecule has 2 aliphatic rings. The summed E-state index contributed by atoms with van der Waals surface area (Å²) in [5, 5.41) is 6.52. The van der Waals surface area contributed by atoms with E-state index in [2.05, 4.69) is 54.0 Å². The summed E-state index contributed by atoms with van der Waals surface area (Å²) in [4.78, 5) is 0. The largest absolute Gasteiger partial charge is 0.497 e. The zero-order valence-corrected chi connectivity index (χ0v) is 21.1. The van der Waals surface area contributed by atoms with Gasteiger partial charge < -0.3 is 24.8 Å². The van der Waals surface area contributed by atoms with Crippen molar-refractivity contribution in [1.29, 1.82) is 0 Å². The number of fused-ring (bicyclic) bond motifs is 1. The van der Waals surface area contributed by atoms with Gasteiger partial charge in [-0.05, 0) is 69.1 Å². The second-order valence-corrected chi connectivity index (χ2v) is 7.78. The molecule has 0 radical (unpaired) electrons. The first-order chi connectivity index (χ1) is 16.3. The average Bonchev–Trinajstić information content (AvgIpc) is 3.10. The number of methoxy groups -OCH3 is 1. The van der Waals surface area contributed by atoms with Gasteiger partial charge >= 0.3 is 0 Å². The van der Waals surface area contributed by atoms with Gasteiger partial charge in [0.2, 0.25) is 0 Å². The van der Waals surface area contributed by atoms with E-state index in [9.17, 15) is 0 Å². The molecule has 182 valence electrons. The van der Waals surface area contributed by atoms with Gasteiger partial charge in [0, 0.05) is 36.2 Å². The van der Waals surface area contributed by atoms with Crippen molar-refractivity contribution in [3.05, 3.63) is 65.7 Å². The maximum absolute atomic E-state index is 6.09. The Morgan fingerprint density at radius 3 is 2.79 bits per heavy atom. The molecule has 1 aromatic rings. The highest BCUT2D eigenvalue weighted by Gasteiger charge is 2.24. The van der Waals surface area contributed by atoms with Gasteiger partial charge in [-0.25, -0.2) is 0 Å². The topological polar surface area (TPSA) is 51.8 Å². The van der Waals surface area contributed by atoms with Gasteiger partial charge in [0.05, 0.1) is 20.0 Å². The van der Waals surface area contributed by atoms with Crippen molar-refractivity contribution in [2.75, 3.05) is 40.4 Å². The summed E-state index contributed by atoms with van der Waals surface area (Å²) >= 11 is 0. The van der Waals surface area contributed by atoms with Crippen molar-refractivity contribution in [2.45, 2.75) is 46.5 Å². The number of rotatable bonds is 11. The highest BCUT2D eigenvalue weighted by Crippen LogP contribution is 2.42. The Balaban J connectivity index is 0.00000187. The third-order valence-corrected chi connectivity index (χ3v) is 5.54. The molecule has 33 heavy (non-hydrogen) atoms. The fraction of sp³-hybridized carbons (Fsp3) is 0.500. The minimum atomic E-state index is 0.307. The zero-order valence-electron chi connectivity index (χ0n) is 21.1. The van der Waals surface area contributed by atoms with Gasteiger partial charge in [-0.15, -0.1) is 0 Å². The van der Waals surface area contributed by atoms with Gasteiger partial charge in [-0.3, -0.25) is 0 Å². The minimum Gasteiger partial charge on any atom is -0.497 e. The van der Waals surface area contributed by atoms with Crippen LogP contribution in [0.3, 0.4) is 0 Å². The van der Waals surface area contributed by atoms with Crippen LogP contribution in [0, 0.1) is 5.92 Å². The van der Waals surface area contributed by atoms with E-state index in [1.807, 2.05) is 33.2 Å². The molecule has 1 unspecified atom stereocenters. The van der Waals surface area contributed by atoms with Crippen LogP contribution >= 0.6 is 0 Å². The Labute approximate surface area is 200 Å². The lowest BCUT2D eigenvalue weighted by Crippen LogP contribution is -2.26. The summed E-state index contributed by atoms with van der Waals surface area (Å²) in [6, 6.07) is 6.19. The van der Waals surface area contributed by atoms with Crippen LogP contribution in [-0.2, 0) is 4.74 Å². The Bertz CT molecular complexity index is 840. The molecular weight excluding hydrogens is 412 g/mol. The van der Waals surface area contributed by atoms with Gasteiger partial charge in [-0.1, -0.05) is 32.9 Å². The molecule has 1 atom stereocenters. The van der Waals surface area contributed by atoms with Crippen LogP contribution in [-0.4, -0.2) is 40.4 Å². The van der Waals surface area contributed by atoms with E-state index in [1.165, 1.54) is 11.1 Å². The summed E-state index contributed by atoms with van der Waals surface area (Å²) in [5.74, 6) is 2.95. The first kappa shape index (κ1) is 26.7. The van der Waals surface area contributed by atoms with E-state index in [0.717, 1.165) is 68.1 Å². The van der Waals surface area contributed by atoms with Crippen molar-refractivity contribution in [1.82, 2.24) is 10.6 Å². The molecule has 0 aromatic heterocycles. The van der Waals surface area contributed by atoms with E-state index >= 15 is 0 Å². The smallest absolute Gasteiger partial charge is 0.138 e. The third kappa shape index (κ3) is 8.09. The van der Waals surface area contributed by atoms with E-state index in [1.54, 1.807) is 7.11 Å². The lowest BCUT2D eigenvalue weighted by Gasteiger charge is -2.25. The minimum absolute atomic E-state index is 0.307. The standard InChI is InChI=1S/C26H36N2O3.C2H6/c1-4-7-23-24-13-12-22(30-17-6-14-28-16-15-27-2)18-26(24)31-19-25(23)20-8-5-9-21(29-3)11-10-20;1-2/h7,9-13,18-20,27-28H,4-6,8,14-17H2,1-3H3;1-2H3/b23-7+;. The van der Waals surface area contributed by atoms with Gasteiger partial charge in [0.15, 0.2) is 0 Å². The van der Waals surface area contributed by atoms with Crippen LogP contribution in [0.1, 0.15) is 52.0 Å². The van der Waals surface area contributed by atoms with Crippen molar-refractivity contribution in [2.24, 2.45) is 5.92 Å². The molecule has 5 nitrogen and oxygen atoms in total. The number of nitrogens with one attached hydrogen (secondary N) is 2.